The lowest BCUT2D eigenvalue weighted by molar-refractivity contribution is -0.121. The summed E-state index contributed by atoms with van der Waals surface area (Å²) in [5, 5.41) is 6.83. The maximum absolute atomic E-state index is 11.5. The quantitative estimate of drug-likeness (QED) is 0.726. The van der Waals surface area contributed by atoms with Gasteiger partial charge in [0.05, 0.1) is 5.69 Å². The van der Waals surface area contributed by atoms with Crippen molar-refractivity contribution < 1.29 is 9.32 Å². The summed E-state index contributed by atoms with van der Waals surface area (Å²) in [4.78, 5) is 11.5. The van der Waals surface area contributed by atoms with Crippen LogP contribution < -0.4 is 11.1 Å². The molecule has 0 atom stereocenters. The lowest BCUT2D eigenvalue weighted by Crippen LogP contribution is -2.25. The van der Waals surface area contributed by atoms with Gasteiger partial charge in [0.15, 0.2) is 0 Å². The van der Waals surface area contributed by atoms with Gasteiger partial charge >= 0.3 is 0 Å². The molecule has 96 valence electrons. The zero-order chi connectivity index (χ0) is 12.7. The average Bonchev–Trinajstić information content (AvgIpc) is 2.62. The molecule has 3 N–H and O–H groups in total. The molecular weight excluding hydrogens is 242 g/mol. The van der Waals surface area contributed by atoms with E-state index in [9.17, 15) is 4.79 Å². The first-order valence-electron chi connectivity index (χ1n) is 5.72. The minimum Gasteiger partial charge on any atom is -0.356 e. The first-order chi connectivity index (χ1) is 8.15. The summed E-state index contributed by atoms with van der Waals surface area (Å²) in [6.45, 7) is 3.14. The maximum atomic E-state index is 11.5. The molecule has 0 saturated heterocycles. The smallest absolute Gasteiger partial charge is 0.229 e. The number of hydrogen-bond donors (Lipinski definition) is 2. The second kappa shape index (κ2) is 7.29. The van der Waals surface area contributed by atoms with Crippen LogP contribution in [0.15, 0.2) is 4.52 Å². The topological polar surface area (TPSA) is 81.2 Å². The minimum absolute atomic E-state index is 0.0127. The molecule has 0 aliphatic carbocycles. The van der Waals surface area contributed by atoms with Gasteiger partial charge in [-0.15, -0.1) is 0 Å². The molecule has 1 amide bonds. The second-order valence-electron chi connectivity index (χ2n) is 3.87. The van der Waals surface area contributed by atoms with Crippen molar-refractivity contribution in [3.63, 3.8) is 0 Å². The third kappa shape index (κ3) is 4.75. The van der Waals surface area contributed by atoms with Crippen LogP contribution >= 0.6 is 11.6 Å². The fraction of sp³-hybridized carbons (Fsp3) is 0.636. The summed E-state index contributed by atoms with van der Waals surface area (Å²) in [5.74, 6) is 0.0127. The van der Waals surface area contributed by atoms with Crippen molar-refractivity contribution in [3.8, 4) is 0 Å². The van der Waals surface area contributed by atoms with Gasteiger partial charge in [0, 0.05) is 18.5 Å². The fourth-order valence-corrected chi connectivity index (χ4v) is 1.73. The Morgan fingerprint density at radius 2 is 2.29 bits per heavy atom. The van der Waals surface area contributed by atoms with Crippen LogP contribution in [-0.2, 0) is 11.2 Å². The number of aromatic nitrogens is 1. The van der Waals surface area contributed by atoms with Gasteiger partial charge in [-0.3, -0.25) is 4.79 Å². The van der Waals surface area contributed by atoms with Crippen LogP contribution in [0.4, 0.5) is 0 Å². The molecule has 17 heavy (non-hydrogen) atoms. The van der Waals surface area contributed by atoms with Gasteiger partial charge in [-0.2, -0.15) is 0 Å². The van der Waals surface area contributed by atoms with Gasteiger partial charge < -0.3 is 15.6 Å². The Hall–Kier alpha value is -1.07. The highest BCUT2D eigenvalue weighted by Gasteiger charge is 2.12. The molecule has 1 aromatic rings. The molecule has 5 nitrogen and oxygen atoms in total. The highest BCUT2D eigenvalue weighted by molar-refractivity contribution is 6.29. The normalized spacial score (nSPS) is 10.5. The van der Waals surface area contributed by atoms with E-state index >= 15 is 0 Å². The molecule has 0 fully saturated rings. The first-order valence-corrected chi connectivity index (χ1v) is 6.10. The Kier molecular flexibility index (Phi) is 6.00. The van der Waals surface area contributed by atoms with Gasteiger partial charge in [0.2, 0.25) is 11.1 Å². The third-order valence-electron chi connectivity index (χ3n) is 2.49. The van der Waals surface area contributed by atoms with E-state index < -0.39 is 0 Å². The lowest BCUT2D eigenvalue weighted by Gasteiger charge is -2.04. The van der Waals surface area contributed by atoms with E-state index in [0.717, 1.165) is 24.1 Å². The van der Waals surface area contributed by atoms with Crippen molar-refractivity contribution >= 4 is 17.5 Å². The standard InChI is InChI=1S/C11H18ClN3O2/c1-8-9(11(12)17-15-8)4-5-10(16)14-7-3-2-6-13/h2-7,13H2,1H3,(H,14,16). The number of nitrogens with one attached hydrogen (secondary N) is 1. The van der Waals surface area contributed by atoms with Gasteiger partial charge in [-0.05, 0) is 44.3 Å². The summed E-state index contributed by atoms with van der Waals surface area (Å²) in [7, 11) is 0. The second-order valence-corrected chi connectivity index (χ2v) is 4.21. The predicted octanol–water partition coefficient (Wildman–Crippen LogP) is 1.42. The largest absolute Gasteiger partial charge is 0.356 e. The Bertz CT molecular complexity index is 346. The molecule has 0 spiro atoms. The molecular formula is C11H18ClN3O2. The predicted molar refractivity (Wildman–Crippen MR) is 65.9 cm³/mol. The Morgan fingerprint density at radius 1 is 1.53 bits per heavy atom. The van der Waals surface area contributed by atoms with Crippen molar-refractivity contribution in [1.29, 1.82) is 0 Å². The number of rotatable bonds is 7. The number of nitrogens with two attached hydrogens (primary N) is 1. The number of carbonyl (C=O) groups excluding carboxylic acids is 1. The highest BCUT2D eigenvalue weighted by atomic mass is 35.5. The Balaban J connectivity index is 2.24. The molecule has 1 heterocycles. The molecule has 0 aliphatic rings. The summed E-state index contributed by atoms with van der Waals surface area (Å²) >= 11 is 5.80. The number of carbonyl (C=O) groups is 1. The van der Waals surface area contributed by atoms with Gasteiger partial charge in [0.25, 0.3) is 0 Å². The maximum Gasteiger partial charge on any atom is 0.229 e. The summed E-state index contributed by atoms with van der Waals surface area (Å²) in [5.41, 5.74) is 6.91. The monoisotopic (exact) mass is 259 g/mol. The lowest BCUT2D eigenvalue weighted by atomic mass is 10.1. The zero-order valence-corrected chi connectivity index (χ0v) is 10.7. The van der Waals surface area contributed by atoms with E-state index in [4.69, 9.17) is 21.9 Å². The molecule has 1 aromatic heterocycles. The number of halogens is 1. The number of unbranched alkanes of at least 4 members (excludes halogenated alkanes) is 1. The molecule has 0 unspecified atom stereocenters. The first kappa shape index (κ1) is 14.0. The molecule has 0 saturated carbocycles. The van der Waals surface area contributed by atoms with Gasteiger partial charge in [-0.1, -0.05) is 5.16 Å². The van der Waals surface area contributed by atoms with E-state index in [1.165, 1.54) is 0 Å². The Labute approximate surface area is 106 Å². The average molecular weight is 260 g/mol. The van der Waals surface area contributed by atoms with E-state index in [2.05, 4.69) is 10.5 Å². The molecule has 0 radical (unpaired) electrons. The minimum atomic E-state index is 0.0127. The number of hydrogen-bond acceptors (Lipinski definition) is 4. The SMILES string of the molecule is Cc1noc(Cl)c1CCC(=O)NCCCCN. The van der Waals surface area contributed by atoms with Crippen LogP contribution in [0.3, 0.4) is 0 Å². The molecule has 0 aromatic carbocycles. The van der Waals surface area contributed by atoms with E-state index in [0.29, 0.717) is 25.9 Å². The van der Waals surface area contributed by atoms with Crippen LogP contribution in [0, 0.1) is 6.92 Å². The van der Waals surface area contributed by atoms with Crippen molar-refractivity contribution in [2.75, 3.05) is 13.1 Å². The van der Waals surface area contributed by atoms with Crippen molar-refractivity contribution in [1.82, 2.24) is 10.5 Å². The molecule has 1 rings (SSSR count). The number of nitrogens with zero attached hydrogens (tertiary/aromatic N) is 1. The van der Waals surface area contributed by atoms with Crippen molar-refractivity contribution in [2.24, 2.45) is 5.73 Å². The van der Waals surface area contributed by atoms with Crippen LogP contribution in [0.1, 0.15) is 30.5 Å². The van der Waals surface area contributed by atoms with Crippen molar-refractivity contribution in [3.05, 3.63) is 16.5 Å². The number of aryl methyl sites for hydroxylation is 1. The fourth-order valence-electron chi connectivity index (χ4n) is 1.46. The number of amides is 1. The van der Waals surface area contributed by atoms with E-state index in [-0.39, 0.29) is 11.1 Å². The van der Waals surface area contributed by atoms with Crippen LogP contribution in [0.5, 0.6) is 0 Å². The van der Waals surface area contributed by atoms with Gasteiger partial charge in [-0.25, -0.2) is 0 Å². The van der Waals surface area contributed by atoms with E-state index in [1.807, 2.05) is 6.92 Å². The summed E-state index contributed by atoms with van der Waals surface area (Å²) in [6.07, 6.45) is 2.79. The molecule has 6 heteroatoms. The van der Waals surface area contributed by atoms with Crippen molar-refractivity contribution in [2.45, 2.75) is 32.6 Å². The van der Waals surface area contributed by atoms with E-state index in [1.54, 1.807) is 0 Å². The van der Waals surface area contributed by atoms with Gasteiger partial charge in [0.1, 0.15) is 0 Å². The third-order valence-corrected chi connectivity index (χ3v) is 2.79. The molecule has 0 bridgehead atoms. The van der Waals surface area contributed by atoms with Crippen LogP contribution in [0.2, 0.25) is 5.22 Å². The molecule has 0 aliphatic heterocycles. The van der Waals surface area contributed by atoms with Crippen LogP contribution in [0.25, 0.3) is 0 Å². The summed E-state index contributed by atoms with van der Waals surface area (Å²) < 4.78 is 4.81. The zero-order valence-electron chi connectivity index (χ0n) is 9.96. The Morgan fingerprint density at radius 3 is 2.88 bits per heavy atom. The van der Waals surface area contributed by atoms with Crippen LogP contribution in [-0.4, -0.2) is 24.2 Å². The summed E-state index contributed by atoms with van der Waals surface area (Å²) in [6, 6.07) is 0. The highest BCUT2D eigenvalue weighted by Crippen LogP contribution is 2.20.